The number of hydrogen-bond donors (Lipinski definition) is 5. The molecular weight excluding hydrogens is 541 g/mol. The molecule has 0 bridgehead atoms. The summed E-state index contributed by atoms with van der Waals surface area (Å²) in [6, 6.07) is 16.9. The minimum absolute atomic E-state index is 0.0406. The van der Waals surface area contributed by atoms with Crippen LogP contribution in [0.5, 0.6) is 0 Å². The van der Waals surface area contributed by atoms with Crippen LogP contribution in [0.15, 0.2) is 54.6 Å². The molecule has 1 heterocycles. The first-order valence-corrected chi connectivity index (χ1v) is 16.2. The van der Waals surface area contributed by atoms with Crippen LogP contribution >= 0.6 is 21.6 Å². The summed E-state index contributed by atoms with van der Waals surface area (Å²) in [6.07, 6.45) is 3.32. The number of nitrogens with one attached hydrogen (secondary N) is 3. The summed E-state index contributed by atoms with van der Waals surface area (Å²) < 4.78 is 0. The van der Waals surface area contributed by atoms with Crippen LogP contribution in [-0.2, 0) is 16.0 Å². The molecule has 0 aliphatic carbocycles. The molecule has 2 aromatic carbocycles. The van der Waals surface area contributed by atoms with E-state index >= 15 is 0 Å². The van der Waals surface area contributed by atoms with Crippen molar-refractivity contribution in [2.24, 2.45) is 17.4 Å². The zero-order valence-corrected chi connectivity index (χ0v) is 24.5. The van der Waals surface area contributed by atoms with E-state index in [1.807, 2.05) is 54.6 Å². The lowest BCUT2D eigenvalue weighted by molar-refractivity contribution is -0.129. The van der Waals surface area contributed by atoms with Gasteiger partial charge in [-0.05, 0) is 55.0 Å². The number of rotatable bonds is 13. The van der Waals surface area contributed by atoms with E-state index in [0.29, 0.717) is 32.5 Å². The molecule has 1 fully saturated rings. The highest BCUT2D eigenvalue weighted by Crippen LogP contribution is 2.21. The number of likely N-dealkylation sites (tertiary alicyclic amines) is 1. The quantitative estimate of drug-likeness (QED) is 0.0808. The second-order valence-electron chi connectivity index (χ2n) is 9.76. The second-order valence-corrected chi connectivity index (χ2v) is 12.5. The Morgan fingerprint density at radius 2 is 1.75 bits per heavy atom. The van der Waals surface area contributed by atoms with Crippen molar-refractivity contribution in [3.63, 3.8) is 0 Å². The van der Waals surface area contributed by atoms with Crippen LogP contribution in [-0.4, -0.2) is 66.4 Å². The highest BCUT2D eigenvalue weighted by molar-refractivity contribution is 8.76. The highest BCUT2D eigenvalue weighted by atomic mass is 33.1. The van der Waals surface area contributed by atoms with Gasteiger partial charge in [0.25, 0.3) is 0 Å². The predicted molar refractivity (Wildman–Crippen MR) is 167 cm³/mol. The third-order valence-corrected chi connectivity index (χ3v) is 9.02. The van der Waals surface area contributed by atoms with Crippen LogP contribution < -0.4 is 22.1 Å². The molecule has 1 aliphatic rings. The average molecular weight is 581 g/mol. The maximum absolute atomic E-state index is 13.1. The number of nitrogens with zero attached hydrogens (tertiary/aromatic N) is 1. The highest BCUT2D eigenvalue weighted by Gasteiger charge is 2.26. The Kier molecular flexibility index (Phi) is 13.8. The minimum Gasteiger partial charge on any atom is -0.370 e. The number of carbonyl (C=O) groups excluding carboxylic acids is 2. The summed E-state index contributed by atoms with van der Waals surface area (Å²) in [5, 5.41) is 13.7. The molecule has 8 nitrogen and oxygen atoms in total. The Balaban J connectivity index is 1.59. The normalized spacial score (nSPS) is 15.4. The van der Waals surface area contributed by atoms with Crippen LogP contribution in [0.3, 0.4) is 0 Å². The first kappa shape index (κ1) is 31.4. The Morgan fingerprint density at radius 1 is 1.05 bits per heavy atom. The lowest BCUT2D eigenvalue weighted by atomic mass is 9.94. The number of guanidine groups is 1. The smallest absolute Gasteiger partial charge is 0.242 e. The Bertz CT molecular complexity index is 1150. The zero-order valence-electron chi connectivity index (χ0n) is 22.9. The van der Waals surface area contributed by atoms with Crippen LogP contribution in [0.25, 0.3) is 0 Å². The largest absolute Gasteiger partial charge is 0.370 e. The standard InChI is InChI=1S/C30H40N6O2S2/c31-15-19-40-39-18-5-16-34-29(38)27(35-28(37)21-26-8-4-17-36(22-26)30(32)33)20-25-13-11-24(12-14-25)10-9-23-6-2-1-3-7-23/h1-3,6-7,11-14,26-27H,4-5,8,15-22,31H2,(H3,32,33)(H,34,38)(H,35,37)/t26-,27+/m1/s1. The summed E-state index contributed by atoms with van der Waals surface area (Å²) in [5.74, 6) is 7.95. The number of piperidine rings is 1. The van der Waals surface area contributed by atoms with Gasteiger partial charge < -0.3 is 27.0 Å². The SMILES string of the molecule is N=C(N)N1CCC[C@H](CC(=O)N[C@@H](Cc2ccc(C#Cc3ccccc3)cc2)C(=O)NCCCSSCCN)C1. The van der Waals surface area contributed by atoms with E-state index in [0.717, 1.165) is 54.0 Å². The molecule has 10 heteroatoms. The van der Waals surface area contributed by atoms with Gasteiger partial charge in [-0.3, -0.25) is 15.0 Å². The first-order valence-electron chi connectivity index (χ1n) is 13.7. The van der Waals surface area contributed by atoms with E-state index in [2.05, 4.69) is 22.5 Å². The van der Waals surface area contributed by atoms with Gasteiger partial charge in [0.05, 0.1) is 0 Å². The fourth-order valence-corrected chi connectivity index (χ4v) is 6.38. The molecule has 0 spiro atoms. The molecule has 1 aliphatic heterocycles. The zero-order chi connectivity index (χ0) is 28.6. The van der Waals surface area contributed by atoms with Gasteiger partial charge in [-0.25, -0.2) is 0 Å². The van der Waals surface area contributed by atoms with Crippen LogP contribution in [0.2, 0.25) is 0 Å². The van der Waals surface area contributed by atoms with Gasteiger partial charge in [-0.2, -0.15) is 0 Å². The predicted octanol–water partition coefficient (Wildman–Crippen LogP) is 2.96. The summed E-state index contributed by atoms with van der Waals surface area (Å²) >= 11 is 0. The summed E-state index contributed by atoms with van der Waals surface area (Å²) in [7, 11) is 3.49. The monoisotopic (exact) mass is 580 g/mol. The fraction of sp³-hybridized carbons (Fsp3) is 0.433. The van der Waals surface area contributed by atoms with E-state index in [1.54, 1.807) is 26.5 Å². The van der Waals surface area contributed by atoms with Crippen molar-refractivity contribution >= 4 is 39.4 Å². The molecule has 214 valence electrons. The molecule has 3 rings (SSSR count). The topological polar surface area (TPSA) is 137 Å². The van der Waals surface area contributed by atoms with Gasteiger partial charge in [0.1, 0.15) is 6.04 Å². The molecule has 2 aromatic rings. The minimum atomic E-state index is -0.680. The van der Waals surface area contributed by atoms with Crippen molar-refractivity contribution in [2.75, 3.05) is 37.7 Å². The van der Waals surface area contributed by atoms with Crippen molar-refractivity contribution in [3.8, 4) is 11.8 Å². The summed E-state index contributed by atoms with van der Waals surface area (Å²) in [4.78, 5) is 28.0. The molecule has 2 amide bonds. The number of nitrogens with two attached hydrogens (primary N) is 2. The molecule has 0 radical (unpaired) electrons. The lowest BCUT2D eigenvalue weighted by Crippen LogP contribution is -2.49. The molecular formula is C30H40N6O2S2. The summed E-state index contributed by atoms with van der Waals surface area (Å²) in [6.45, 7) is 2.54. The summed E-state index contributed by atoms with van der Waals surface area (Å²) in [5.41, 5.74) is 14.0. The third kappa shape index (κ3) is 11.5. The van der Waals surface area contributed by atoms with Gasteiger partial charge in [-0.1, -0.05) is 63.8 Å². The third-order valence-electron chi connectivity index (χ3n) is 6.49. The van der Waals surface area contributed by atoms with E-state index < -0.39 is 6.04 Å². The molecule has 7 N–H and O–H groups in total. The Labute approximate surface area is 245 Å². The number of carbonyl (C=O) groups is 2. The van der Waals surface area contributed by atoms with Gasteiger partial charge in [0.2, 0.25) is 11.8 Å². The first-order chi connectivity index (χ1) is 19.4. The van der Waals surface area contributed by atoms with Gasteiger partial charge in [0.15, 0.2) is 5.96 Å². The van der Waals surface area contributed by atoms with Crippen LogP contribution in [0.4, 0.5) is 0 Å². The number of amides is 2. The molecule has 0 aromatic heterocycles. The van der Waals surface area contributed by atoms with E-state index in [-0.39, 0.29) is 23.7 Å². The lowest BCUT2D eigenvalue weighted by Gasteiger charge is -2.32. The fourth-order valence-electron chi connectivity index (χ4n) is 4.43. The van der Waals surface area contributed by atoms with E-state index in [9.17, 15) is 9.59 Å². The van der Waals surface area contributed by atoms with Crippen LogP contribution in [0.1, 0.15) is 42.4 Å². The van der Waals surface area contributed by atoms with E-state index in [1.165, 1.54) is 0 Å². The van der Waals surface area contributed by atoms with Crippen molar-refractivity contribution in [1.82, 2.24) is 15.5 Å². The van der Waals surface area contributed by atoms with Crippen molar-refractivity contribution in [3.05, 3.63) is 71.3 Å². The van der Waals surface area contributed by atoms with Gasteiger partial charge in [-0.15, -0.1) is 0 Å². The molecule has 0 saturated carbocycles. The van der Waals surface area contributed by atoms with Gasteiger partial charge in [0, 0.05) is 61.7 Å². The van der Waals surface area contributed by atoms with E-state index in [4.69, 9.17) is 16.9 Å². The maximum Gasteiger partial charge on any atom is 0.242 e. The molecule has 2 atom stereocenters. The number of hydrogen-bond acceptors (Lipinski definition) is 6. The second kappa shape index (κ2) is 17.5. The Hall–Kier alpha value is -3.13. The van der Waals surface area contributed by atoms with Crippen molar-refractivity contribution in [2.45, 2.75) is 38.1 Å². The van der Waals surface area contributed by atoms with Gasteiger partial charge >= 0.3 is 0 Å². The van der Waals surface area contributed by atoms with Crippen molar-refractivity contribution < 1.29 is 9.59 Å². The molecule has 0 unspecified atom stereocenters. The average Bonchev–Trinajstić information content (AvgIpc) is 2.96. The molecule has 40 heavy (non-hydrogen) atoms. The van der Waals surface area contributed by atoms with Crippen LogP contribution in [0, 0.1) is 23.2 Å². The van der Waals surface area contributed by atoms with Crippen molar-refractivity contribution in [1.29, 1.82) is 5.41 Å². The maximum atomic E-state index is 13.1. The molecule has 1 saturated heterocycles. The number of benzene rings is 2. The Morgan fingerprint density at radius 3 is 2.45 bits per heavy atom.